The molecule has 1 aromatic carbocycles. The molecule has 17 heavy (non-hydrogen) atoms. The van der Waals surface area contributed by atoms with Crippen LogP contribution in [0.2, 0.25) is 0 Å². The van der Waals surface area contributed by atoms with Gasteiger partial charge in [-0.1, -0.05) is 30.3 Å². The second kappa shape index (κ2) is 5.23. The third-order valence-corrected chi connectivity index (χ3v) is 2.73. The Morgan fingerprint density at radius 3 is 2.41 bits per heavy atom. The first-order valence-corrected chi connectivity index (χ1v) is 5.32. The van der Waals surface area contributed by atoms with Crippen molar-refractivity contribution in [1.82, 2.24) is 4.90 Å². The molecule has 3 nitrogen and oxygen atoms in total. The van der Waals surface area contributed by atoms with E-state index in [1.807, 2.05) is 0 Å². The van der Waals surface area contributed by atoms with Crippen LogP contribution in [0.25, 0.3) is 0 Å². The Morgan fingerprint density at radius 2 is 1.94 bits per heavy atom. The number of nitrogens with zero attached hydrogens (tertiary/aromatic N) is 1. The van der Waals surface area contributed by atoms with Crippen LogP contribution in [0, 0.1) is 0 Å². The lowest BCUT2D eigenvalue weighted by molar-refractivity contribution is -0.159. The highest BCUT2D eigenvalue weighted by atomic mass is 19.3. The third kappa shape index (κ3) is 2.79. The Hall–Kier alpha value is -1.49. The second-order valence-electron chi connectivity index (χ2n) is 3.94. The third-order valence-electron chi connectivity index (χ3n) is 2.73. The van der Waals surface area contributed by atoms with Crippen molar-refractivity contribution < 1.29 is 13.6 Å². The molecule has 0 radical (unpaired) electrons. The van der Waals surface area contributed by atoms with E-state index in [1.54, 1.807) is 13.0 Å². The SMILES string of the molecule is CC(CN)N(C)C(=O)C(F)(F)c1ccccc1. The van der Waals surface area contributed by atoms with Gasteiger partial charge in [0.05, 0.1) is 0 Å². The highest BCUT2D eigenvalue weighted by Crippen LogP contribution is 2.30. The predicted octanol–water partition coefficient (Wildman–Crippen LogP) is 1.58. The molecule has 1 rings (SSSR count). The van der Waals surface area contributed by atoms with Crippen molar-refractivity contribution in [3.8, 4) is 0 Å². The molecule has 0 spiro atoms. The summed E-state index contributed by atoms with van der Waals surface area (Å²) in [6, 6.07) is 6.62. The van der Waals surface area contributed by atoms with E-state index >= 15 is 0 Å². The highest BCUT2D eigenvalue weighted by molar-refractivity contribution is 5.84. The average molecular weight is 242 g/mol. The quantitative estimate of drug-likeness (QED) is 0.871. The minimum atomic E-state index is -3.51. The van der Waals surface area contributed by atoms with E-state index in [-0.39, 0.29) is 12.1 Å². The zero-order chi connectivity index (χ0) is 13.1. The van der Waals surface area contributed by atoms with E-state index in [1.165, 1.54) is 31.3 Å². The van der Waals surface area contributed by atoms with Gasteiger partial charge in [-0.05, 0) is 6.92 Å². The number of hydrogen-bond donors (Lipinski definition) is 1. The lowest BCUT2D eigenvalue weighted by Crippen LogP contribution is -2.46. The molecule has 0 bridgehead atoms. The Kier molecular flexibility index (Phi) is 4.17. The largest absolute Gasteiger partial charge is 0.349 e. The van der Waals surface area contributed by atoms with Crippen molar-refractivity contribution in [2.75, 3.05) is 13.6 Å². The fourth-order valence-electron chi connectivity index (χ4n) is 1.35. The van der Waals surface area contributed by atoms with Crippen LogP contribution >= 0.6 is 0 Å². The van der Waals surface area contributed by atoms with Crippen molar-refractivity contribution in [2.45, 2.75) is 18.9 Å². The topological polar surface area (TPSA) is 46.3 Å². The number of halogens is 2. The van der Waals surface area contributed by atoms with Gasteiger partial charge in [0.15, 0.2) is 0 Å². The number of carbonyl (C=O) groups is 1. The molecule has 5 heteroatoms. The summed E-state index contributed by atoms with van der Waals surface area (Å²) in [5, 5.41) is 0. The Labute approximate surface area is 99.2 Å². The Bertz CT molecular complexity index is 381. The number of alkyl halides is 2. The number of rotatable bonds is 4. The van der Waals surface area contributed by atoms with Gasteiger partial charge in [0.2, 0.25) is 0 Å². The first kappa shape index (κ1) is 13.6. The molecule has 0 aromatic heterocycles. The predicted molar refractivity (Wildman–Crippen MR) is 61.6 cm³/mol. The normalized spacial score (nSPS) is 13.2. The summed E-state index contributed by atoms with van der Waals surface area (Å²) in [5.74, 6) is -4.75. The monoisotopic (exact) mass is 242 g/mol. The second-order valence-corrected chi connectivity index (χ2v) is 3.94. The maximum Gasteiger partial charge on any atom is 0.349 e. The van der Waals surface area contributed by atoms with E-state index in [0.717, 1.165) is 4.90 Å². The van der Waals surface area contributed by atoms with Crippen molar-refractivity contribution in [1.29, 1.82) is 0 Å². The molecule has 2 N–H and O–H groups in total. The van der Waals surface area contributed by atoms with Gasteiger partial charge in [-0.3, -0.25) is 4.79 Å². The van der Waals surface area contributed by atoms with Crippen LogP contribution in [0.1, 0.15) is 12.5 Å². The first-order valence-electron chi connectivity index (χ1n) is 5.32. The molecular formula is C12H16F2N2O. The zero-order valence-corrected chi connectivity index (χ0v) is 9.86. The molecular weight excluding hydrogens is 226 g/mol. The van der Waals surface area contributed by atoms with Gasteiger partial charge >= 0.3 is 5.92 Å². The van der Waals surface area contributed by atoms with Gasteiger partial charge in [0, 0.05) is 25.2 Å². The molecule has 0 aliphatic rings. The van der Waals surface area contributed by atoms with Crippen LogP contribution < -0.4 is 5.73 Å². The lowest BCUT2D eigenvalue weighted by Gasteiger charge is -2.28. The number of carbonyl (C=O) groups excluding carboxylic acids is 1. The van der Waals surface area contributed by atoms with E-state index in [9.17, 15) is 13.6 Å². The minimum absolute atomic E-state index is 0.146. The van der Waals surface area contributed by atoms with Crippen LogP contribution in [-0.2, 0) is 10.7 Å². The van der Waals surface area contributed by atoms with Crippen molar-refractivity contribution in [3.05, 3.63) is 35.9 Å². The van der Waals surface area contributed by atoms with Gasteiger partial charge in [0.25, 0.3) is 5.91 Å². The summed E-state index contributed by atoms with van der Waals surface area (Å²) in [5.41, 5.74) is 5.05. The highest BCUT2D eigenvalue weighted by Gasteiger charge is 2.43. The Morgan fingerprint density at radius 1 is 1.41 bits per heavy atom. The maximum absolute atomic E-state index is 13.9. The summed E-state index contributed by atoms with van der Waals surface area (Å²) in [6.45, 7) is 1.77. The number of likely N-dealkylation sites (N-methyl/N-ethyl adjacent to an activating group) is 1. The number of nitrogens with two attached hydrogens (primary N) is 1. The average Bonchev–Trinajstić information content (AvgIpc) is 2.37. The van der Waals surface area contributed by atoms with Crippen LogP contribution in [-0.4, -0.2) is 30.4 Å². The molecule has 0 aliphatic heterocycles. The minimum Gasteiger partial charge on any atom is -0.336 e. The van der Waals surface area contributed by atoms with Gasteiger partial charge < -0.3 is 10.6 Å². The van der Waals surface area contributed by atoms with E-state index in [2.05, 4.69) is 0 Å². The molecule has 0 saturated heterocycles. The lowest BCUT2D eigenvalue weighted by atomic mass is 10.1. The van der Waals surface area contributed by atoms with Gasteiger partial charge in [-0.15, -0.1) is 0 Å². The molecule has 0 heterocycles. The molecule has 0 fully saturated rings. The standard InChI is InChI=1S/C12H16F2N2O/c1-9(8-15)16(2)11(17)12(13,14)10-6-4-3-5-7-10/h3-7,9H,8,15H2,1-2H3. The molecule has 0 aliphatic carbocycles. The molecule has 0 saturated carbocycles. The molecule has 94 valence electrons. The fourth-order valence-corrected chi connectivity index (χ4v) is 1.35. The van der Waals surface area contributed by atoms with Crippen molar-refractivity contribution in [2.24, 2.45) is 5.73 Å². The molecule has 1 amide bonds. The van der Waals surface area contributed by atoms with Crippen LogP contribution in [0.4, 0.5) is 8.78 Å². The maximum atomic E-state index is 13.9. The van der Waals surface area contributed by atoms with Crippen LogP contribution in [0.3, 0.4) is 0 Å². The smallest absolute Gasteiger partial charge is 0.336 e. The van der Waals surface area contributed by atoms with Gasteiger partial charge in [-0.2, -0.15) is 8.78 Å². The molecule has 1 aromatic rings. The molecule has 1 unspecified atom stereocenters. The van der Waals surface area contributed by atoms with Crippen LogP contribution in [0.15, 0.2) is 30.3 Å². The number of hydrogen-bond acceptors (Lipinski definition) is 2. The summed E-state index contributed by atoms with van der Waals surface area (Å²) in [4.78, 5) is 12.7. The van der Waals surface area contributed by atoms with E-state index in [0.29, 0.717) is 0 Å². The number of benzene rings is 1. The van der Waals surface area contributed by atoms with E-state index < -0.39 is 17.9 Å². The summed E-state index contributed by atoms with van der Waals surface area (Å²) < 4.78 is 27.7. The first-order chi connectivity index (χ1) is 7.91. The van der Waals surface area contributed by atoms with Gasteiger partial charge in [-0.25, -0.2) is 0 Å². The number of amides is 1. The summed E-state index contributed by atoms with van der Waals surface area (Å²) in [7, 11) is 1.33. The molecule has 1 atom stereocenters. The van der Waals surface area contributed by atoms with E-state index in [4.69, 9.17) is 5.73 Å². The summed E-state index contributed by atoms with van der Waals surface area (Å²) in [6.07, 6.45) is 0. The Balaban J connectivity index is 2.95. The summed E-state index contributed by atoms with van der Waals surface area (Å²) >= 11 is 0. The van der Waals surface area contributed by atoms with Crippen LogP contribution in [0.5, 0.6) is 0 Å². The fraction of sp³-hybridized carbons (Fsp3) is 0.417. The van der Waals surface area contributed by atoms with Gasteiger partial charge in [0.1, 0.15) is 0 Å². The van der Waals surface area contributed by atoms with Crippen molar-refractivity contribution in [3.63, 3.8) is 0 Å². The van der Waals surface area contributed by atoms with Crippen molar-refractivity contribution >= 4 is 5.91 Å². The zero-order valence-electron chi connectivity index (χ0n) is 9.86.